The predicted molar refractivity (Wildman–Crippen MR) is 130 cm³/mol. The second-order valence-electron chi connectivity index (χ2n) is 8.52. The minimum absolute atomic E-state index is 0.0984. The van der Waals surface area contributed by atoms with Crippen LogP contribution in [0.5, 0.6) is 0 Å². The maximum Gasteiger partial charge on any atom is 0.308 e. The fourth-order valence-electron chi connectivity index (χ4n) is 3.73. The Bertz CT molecular complexity index is 1080. The van der Waals surface area contributed by atoms with Crippen molar-refractivity contribution >= 4 is 11.5 Å². The molecule has 0 N–H and O–H groups in total. The molecule has 3 aromatic rings. The van der Waals surface area contributed by atoms with Crippen LogP contribution in [0.3, 0.4) is 0 Å². The Balaban J connectivity index is 1.78. The van der Waals surface area contributed by atoms with Crippen LogP contribution in [0.25, 0.3) is 16.7 Å². The predicted octanol–water partition coefficient (Wildman–Crippen LogP) is 6.97. The van der Waals surface area contributed by atoms with Gasteiger partial charge in [-0.1, -0.05) is 86.7 Å². The van der Waals surface area contributed by atoms with Crippen LogP contribution in [0.2, 0.25) is 0 Å². The molecule has 3 rings (SSSR count). The summed E-state index contributed by atoms with van der Waals surface area (Å²) in [6, 6.07) is 23.5. The molecule has 0 radical (unpaired) electrons. The van der Waals surface area contributed by atoms with E-state index in [2.05, 4.69) is 81.1 Å². The van der Waals surface area contributed by atoms with Gasteiger partial charge in [0.1, 0.15) is 0 Å². The molecule has 2 heteroatoms. The highest BCUT2D eigenvalue weighted by Crippen LogP contribution is 2.29. The molecule has 0 atom stereocenters. The Morgan fingerprint density at radius 2 is 1.61 bits per heavy atom. The van der Waals surface area contributed by atoms with Gasteiger partial charge in [0.15, 0.2) is 0 Å². The van der Waals surface area contributed by atoms with E-state index >= 15 is 0 Å². The molecule has 160 valence electrons. The maximum atomic E-state index is 11.8. The molecule has 0 heterocycles. The van der Waals surface area contributed by atoms with Crippen molar-refractivity contribution in [3.05, 3.63) is 101 Å². The minimum atomic E-state index is -0.148. The highest BCUT2D eigenvalue weighted by Gasteiger charge is 2.11. The van der Waals surface area contributed by atoms with E-state index in [0.717, 1.165) is 12.0 Å². The number of carbonyl (C=O) groups excluding carboxylic acids is 1. The summed E-state index contributed by atoms with van der Waals surface area (Å²) in [4.78, 5) is 11.8. The molecule has 0 saturated heterocycles. The van der Waals surface area contributed by atoms with Gasteiger partial charge in [-0.15, -0.1) is 0 Å². The number of aryl methyl sites for hydroxylation is 2. The summed E-state index contributed by atoms with van der Waals surface area (Å²) in [5.74, 6) is -0.246. The number of hydrogen-bond donors (Lipinski definition) is 0. The summed E-state index contributed by atoms with van der Waals surface area (Å²) in [7, 11) is 0. The fourth-order valence-corrected chi connectivity index (χ4v) is 3.73. The van der Waals surface area contributed by atoms with Crippen molar-refractivity contribution in [2.75, 3.05) is 6.61 Å². The monoisotopic (exact) mass is 412 g/mol. The van der Waals surface area contributed by atoms with Crippen LogP contribution >= 0.6 is 0 Å². The van der Waals surface area contributed by atoms with Crippen LogP contribution in [0.15, 0.2) is 73.3 Å². The number of hydrogen-bond acceptors (Lipinski definition) is 2. The number of carbonyl (C=O) groups is 1. The molecule has 0 aliphatic heterocycles. The lowest BCUT2D eigenvalue weighted by molar-refractivity contribution is -0.147. The van der Waals surface area contributed by atoms with E-state index in [1.807, 2.05) is 19.9 Å². The molecule has 0 fully saturated rings. The van der Waals surface area contributed by atoms with Crippen LogP contribution in [0, 0.1) is 19.8 Å². The second-order valence-corrected chi connectivity index (χ2v) is 8.52. The quantitative estimate of drug-likeness (QED) is 0.374. The first-order valence-electron chi connectivity index (χ1n) is 10.9. The Hall–Kier alpha value is -3.13. The summed E-state index contributed by atoms with van der Waals surface area (Å²) < 4.78 is 5.38. The van der Waals surface area contributed by atoms with Crippen LogP contribution < -0.4 is 0 Å². The average molecular weight is 413 g/mol. The molecule has 0 aliphatic rings. The minimum Gasteiger partial charge on any atom is -0.465 e. The third kappa shape index (κ3) is 5.95. The first-order valence-corrected chi connectivity index (χ1v) is 10.9. The van der Waals surface area contributed by atoms with Crippen molar-refractivity contribution in [3.8, 4) is 11.1 Å². The summed E-state index contributed by atoms with van der Waals surface area (Å²) >= 11 is 0. The Morgan fingerprint density at radius 3 is 2.32 bits per heavy atom. The van der Waals surface area contributed by atoms with Crippen molar-refractivity contribution in [2.45, 2.75) is 40.5 Å². The molecule has 0 aliphatic carbocycles. The SMILES string of the molecule is C=C(Cc1ccccc1CCOC(=O)C(C)C)c1cc(-c2cccc(C)c2)ccc1C. The molecular formula is C29H32O2. The van der Waals surface area contributed by atoms with Gasteiger partial charge in [-0.25, -0.2) is 0 Å². The van der Waals surface area contributed by atoms with Crippen LogP contribution in [0.4, 0.5) is 0 Å². The number of benzene rings is 3. The first kappa shape index (κ1) is 22.6. The Labute approximate surface area is 186 Å². The second kappa shape index (κ2) is 10.3. The van der Waals surface area contributed by atoms with Gasteiger partial charge in [0.2, 0.25) is 0 Å². The maximum absolute atomic E-state index is 11.8. The molecule has 31 heavy (non-hydrogen) atoms. The molecule has 0 aromatic heterocycles. The standard InChI is InChI=1S/C29H32O2/c1-20(2)29(30)31-16-15-24-10-6-7-11-26(24)18-23(5)28-19-27(14-13-22(28)4)25-12-8-9-21(3)17-25/h6-14,17,19-20H,5,15-16,18H2,1-4H3. The normalized spacial score (nSPS) is 10.9. The van der Waals surface area contributed by atoms with E-state index in [-0.39, 0.29) is 11.9 Å². The van der Waals surface area contributed by atoms with E-state index in [0.29, 0.717) is 13.0 Å². The summed E-state index contributed by atoms with van der Waals surface area (Å²) in [6.07, 6.45) is 1.48. The zero-order chi connectivity index (χ0) is 22.4. The smallest absolute Gasteiger partial charge is 0.308 e. The summed E-state index contributed by atoms with van der Waals surface area (Å²) in [6.45, 7) is 12.8. The van der Waals surface area contributed by atoms with Gasteiger partial charge < -0.3 is 4.74 Å². The Kier molecular flexibility index (Phi) is 7.46. The molecule has 0 saturated carbocycles. The van der Waals surface area contributed by atoms with Gasteiger partial charge in [0.25, 0.3) is 0 Å². The molecule has 0 spiro atoms. The van der Waals surface area contributed by atoms with Crippen LogP contribution in [0.1, 0.15) is 41.7 Å². The van der Waals surface area contributed by atoms with E-state index in [1.54, 1.807) is 0 Å². The van der Waals surface area contributed by atoms with Crippen molar-refractivity contribution in [1.82, 2.24) is 0 Å². The van der Waals surface area contributed by atoms with Crippen molar-refractivity contribution in [3.63, 3.8) is 0 Å². The summed E-state index contributed by atoms with van der Waals surface area (Å²) in [5.41, 5.74) is 9.64. The zero-order valence-corrected chi connectivity index (χ0v) is 19.1. The molecule has 0 bridgehead atoms. The largest absolute Gasteiger partial charge is 0.465 e. The molecule has 2 nitrogen and oxygen atoms in total. The van der Waals surface area contributed by atoms with Gasteiger partial charge in [0.05, 0.1) is 12.5 Å². The van der Waals surface area contributed by atoms with Crippen molar-refractivity contribution < 1.29 is 9.53 Å². The Morgan fingerprint density at radius 1 is 0.903 bits per heavy atom. The van der Waals surface area contributed by atoms with E-state index in [9.17, 15) is 4.79 Å². The fraction of sp³-hybridized carbons (Fsp3) is 0.276. The number of esters is 1. The third-order valence-corrected chi connectivity index (χ3v) is 5.58. The lowest BCUT2D eigenvalue weighted by atomic mass is 9.90. The van der Waals surface area contributed by atoms with Gasteiger partial charge >= 0.3 is 5.97 Å². The van der Waals surface area contributed by atoms with E-state index < -0.39 is 0 Å². The van der Waals surface area contributed by atoms with Crippen molar-refractivity contribution in [1.29, 1.82) is 0 Å². The third-order valence-electron chi connectivity index (χ3n) is 5.58. The van der Waals surface area contributed by atoms with Crippen LogP contribution in [-0.2, 0) is 22.4 Å². The van der Waals surface area contributed by atoms with Gasteiger partial charge in [-0.3, -0.25) is 4.79 Å². The van der Waals surface area contributed by atoms with Crippen LogP contribution in [-0.4, -0.2) is 12.6 Å². The lowest BCUT2D eigenvalue weighted by Gasteiger charge is -2.15. The van der Waals surface area contributed by atoms with Crippen molar-refractivity contribution in [2.24, 2.45) is 5.92 Å². The highest BCUT2D eigenvalue weighted by molar-refractivity contribution is 5.75. The topological polar surface area (TPSA) is 26.3 Å². The lowest BCUT2D eigenvalue weighted by Crippen LogP contribution is -2.14. The molecule has 0 unspecified atom stereocenters. The first-order chi connectivity index (χ1) is 14.8. The van der Waals surface area contributed by atoms with Gasteiger partial charge in [0, 0.05) is 6.42 Å². The number of allylic oxidation sites excluding steroid dienone is 1. The van der Waals surface area contributed by atoms with E-state index in [4.69, 9.17) is 4.74 Å². The number of ether oxygens (including phenoxy) is 1. The average Bonchev–Trinajstić information content (AvgIpc) is 2.75. The number of rotatable bonds is 8. The van der Waals surface area contributed by atoms with Gasteiger partial charge in [-0.05, 0) is 65.3 Å². The summed E-state index contributed by atoms with van der Waals surface area (Å²) in [5, 5.41) is 0. The zero-order valence-electron chi connectivity index (χ0n) is 19.1. The highest BCUT2D eigenvalue weighted by atomic mass is 16.5. The van der Waals surface area contributed by atoms with Gasteiger partial charge in [-0.2, -0.15) is 0 Å². The molecular weight excluding hydrogens is 380 g/mol. The van der Waals surface area contributed by atoms with E-state index in [1.165, 1.54) is 38.9 Å². The molecule has 0 amide bonds. The molecule has 3 aromatic carbocycles.